The first-order valence-corrected chi connectivity index (χ1v) is 9.07. The quantitative estimate of drug-likeness (QED) is 0.848. The molecule has 1 aromatic heterocycles. The standard InChI is InChI=1S/C18H21N3O2S/c1-13(17(23)20-18-19-9-12-24-18)21-10-7-15(8-11-21)16(22)14-5-3-2-4-6-14/h2-6,9,12-13,15H,7-8,10-11H2,1H3,(H,19,20,23)/t13-/m0/s1. The number of hydrogen-bond donors (Lipinski definition) is 1. The van der Waals surface area contributed by atoms with Crippen LogP contribution in [0.5, 0.6) is 0 Å². The second-order valence-electron chi connectivity index (χ2n) is 6.04. The van der Waals surface area contributed by atoms with Gasteiger partial charge >= 0.3 is 0 Å². The minimum atomic E-state index is -0.221. The Kier molecular flexibility index (Phi) is 5.37. The van der Waals surface area contributed by atoms with E-state index in [1.807, 2.05) is 42.6 Å². The fraction of sp³-hybridized carbons (Fsp3) is 0.389. The van der Waals surface area contributed by atoms with Crippen LogP contribution in [0.3, 0.4) is 0 Å². The van der Waals surface area contributed by atoms with Gasteiger partial charge in [0.05, 0.1) is 6.04 Å². The molecule has 0 bridgehead atoms. The summed E-state index contributed by atoms with van der Waals surface area (Å²) >= 11 is 1.41. The summed E-state index contributed by atoms with van der Waals surface area (Å²) in [5, 5.41) is 5.30. The average Bonchev–Trinajstić information content (AvgIpc) is 3.14. The highest BCUT2D eigenvalue weighted by Crippen LogP contribution is 2.23. The van der Waals surface area contributed by atoms with E-state index in [-0.39, 0.29) is 23.7 Å². The van der Waals surface area contributed by atoms with Gasteiger partial charge in [-0.25, -0.2) is 4.98 Å². The summed E-state index contributed by atoms with van der Waals surface area (Å²) in [6.07, 6.45) is 3.26. The molecule has 1 saturated heterocycles. The van der Waals surface area contributed by atoms with Gasteiger partial charge in [-0.2, -0.15) is 0 Å². The Bertz CT molecular complexity index is 680. The van der Waals surface area contributed by atoms with Crippen molar-refractivity contribution in [2.45, 2.75) is 25.8 Å². The first kappa shape index (κ1) is 16.8. The lowest BCUT2D eigenvalue weighted by Gasteiger charge is -2.34. The number of nitrogens with zero attached hydrogens (tertiary/aromatic N) is 2. The molecule has 24 heavy (non-hydrogen) atoms. The number of ketones is 1. The molecule has 1 atom stereocenters. The minimum Gasteiger partial charge on any atom is -0.301 e. The van der Waals surface area contributed by atoms with Crippen molar-refractivity contribution in [1.82, 2.24) is 9.88 Å². The van der Waals surface area contributed by atoms with Crippen molar-refractivity contribution < 1.29 is 9.59 Å². The predicted molar refractivity (Wildman–Crippen MR) is 95.3 cm³/mol. The molecular formula is C18H21N3O2S. The number of rotatable bonds is 5. The van der Waals surface area contributed by atoms with Gasteiger partial charge in [0.1, 0.15) is 0 Å². The predicted octanol–water partition coefficient (Wildman–Crippen LogP) is 3.07. The molecule has 1 aliphatic heterocycles. The normalized spacial score (nSPS) is 17.4. The number of likely N-dealkylation sites (tertiary alicyclic amines) is 1. The monoisotopic (exact) mass is 343 g/mol. The molecule has 3 rings (SSSR count). The maximum absolute atomic E-state index is 12.5. The number of Topliss-reactive ketones (excluding diaryl/α,β-unsaturated/α-hetero) is 1. The zero-order chi connectivity index (χ0) is 16.9. The summed E-state index contributed by atoms with van der Waals surface area (Å²) in [4.78, 5) is 31.0. The number of aromatic nitrogens is 1. The lowest BCUT2D eigenvalue weighted by molar-refractivity contribution is -0.121. The van der Waals surface area contributed by atoms with Gasteiger partial charge in [0.2, 0.25) is 5.91 Å². The van der Waals surface area contributed by atoms with E-state index in [1.54, 1.807) is 6.20 Å². The highest BCUT2D eigenvalue weighted by molar-refractivity contribution is 7.13. The maximum atomic E-state index is 12.5. The smallest absolute Gasteiger partial charge is 0.243 e. The van der Waals surface area contributed by atoms with E-state index in [2.05, 4.69) is 15.2 Å². The summed E-state index contributed by atoms with van der Waals surface area (Å²) in [5.74, 6) is 0.228. The third-order valence-corrected chi connectivity index (χ3v) is 5.24. The van der Waals surface area contributed by atoms with Gasteiger partial charge in [0.15, 0.2) is 10.9 Å². The van der Waals surface area contributed by atoms with Crippen molar-refractivity contribution in [3.05, 3.63) is 47.5 Å². The van der Waals surface area contributed by atoms with Crippen LogP contribution >= 0.6 is 11.3 Å². The van der Waals surface area contributed by atoms with E-state index in [0.29, 0.717) is 5.13 Å². The third kappa shape index (κ3) is 3.88. The fourth-order valence-corrected chi connectivity index (χ4v) is 3.58. The van der Waals surface area contributed by atoms with Crippen LogP contribution in [-0.4, -0.2) is 40.7 Å². The first-order chi connectivity index (χ1) is 11.6. The van der Waals surface area contributed by atoms with Crippen LogP contribution in [0.25, 0.3) is 0 Å². The molecule has 5 nitrogen and oxygen atoms in total. The Morgan fingerprint density at radius 2 is 1.96 bits per heavy atom. The Hall–Kier alpha value is -2.05. The summed E-state index contributed by atoms with van der Waals surface area (Å²) in [6, 6.07) is 9.24. The van der Waals surface area contributed by atoms with E-state index < -0.39 is 0 Å². The van der Waals surface area contributed by atoms with E-state index in [0.717, 1.165) is 31.5 Å². The van der Waals surface area contributed by atoms with Crippen molar-refractivity contribution in [3.63, 3.8) is 0 Å². The van der Waals surface area contributed by atoms with E-state index >= 15 is 0 Å². The molecule has 0 unspecified atom stereocenters. The van der Waals surface area contributed by atoms with Gasteiger partial charge in [-0.3, -0.25) is 14.5 Å². The molecular weight excluding hydrogens is 322 g/mol. The van der Waals surface area contributed by atoms with E-state index in [1.165, 1.54) is 11.3 Å². The molecule has 2 aromatic rings. The molecule has 2 heterocycles. The van der Waals surface area contributed by atoms with Gasteiger partial charge in [0, 0.05) is 23.1 Å². The van der Waals surface area contributed by atoms with Gasteiger partial charge in [-0.15, -0.1) is 11.3 Å². The Labute approximate surface area is 145 Å². The fourth-order valence-electron chi connectivity index (χ4n) is 3.05. The van der Waals surface area contributed by atoms with Gasteiger partial charge in [-0.05, 0) is 32.9 Å². The number of carbonyl (C=O) groups is 2. The summed E-state index contributed by atoms with van der Waals surface area (Å²) in [5.41, 5.74) is 0.783. The van der Waals surface area contributed by atoms with Crippen LogP contribution in [0.4, 0.5) is 5.13 Å². The van der Waals surface area contributed by atoms with Crippen LogP contribution in [0.2, 0.25) is 0 Å². The molecule has 1 N–H and O–H groups in total. The number of nitrogens with one attached hydrogen (secondary N) is 1. The molecule has 1 aliphatic rings. The van der Waals surface area contributed by atoms with E-state index in [4.69, 9.17) is 0 Å². The highest BCUT2D eigenvalue weighted by atomic mass is 32.1. The van der Waals surface area contributed by atoms with Gasteiger partial charge < -0.3 is 5.32 Å². The van der Waals surface area contributed by atoms with Crippen LogP contribution in [0.1, 0.15) is 30.1 Å². The number of anilines is 1. The molecule has 1 amide bonds. The number of benzene rings is 1. The first-order valence-electron chi connectivity index (χ1n) is 8.19. The van der Waals surface area contributed by atoms with Crippen molar-refractivity contribution in [2.75, 3.05) is 18.4 Å². The number of piperidine rings is 1. The third-order valence-electron chi connectivity index (χ3n) is 4.55. The second kappa shape index (κ2) is 7.68. The van der Waals surface area contributed by atoms with Crippen molar-refractivity contribution in [1.29, 1.82) is 0 Å². The number of thiazole rings is 1. The van der Waals surface area contributed by atoms with Crippen LogP contribution in [-0.2, 0) is 4.79 Å². The Balaban J connectivity index is 1.53. The Morgan fingerprint density at radius 3 is 2.58 bits per heavy atom. The number of carbonyl (C=O) groups excluding carboxylic acids is 2. The Morgan fingerprint density at radius 1 is 1.25 bits per heavy atom. The molecule has 126 valence electrons. The summed E-state index contributed by atoms with van der Waals surface area (Å²) < 4.78 is 0. The summed E-state index contributed by atoms with van der Waals surface area (Å²) in [6.45, 7) is 3.42. The molecule has 0 spiro atoms. The van der Waals surface area contributed by atoms with Crippen molar-refractivity contribution >= 4 is 28.2 Å². The van der Waals surface area contributed by atoms with Gasteiger partial charge in [-0.1, -0.05) is 30.3 Å². The van der Waals surface area contributed by atoms with Crippen molar-refractivity contribution in [2.24, 2.45) is 5.92 Å². The minimum absolute atomic E-state index is 0.0437. The largest absolute Gasteiger partial charge is 0.301 e. The second-order valence-corrected chi connectivity index (χ2v) is 6.94. The number of hydrogen-bond acceptors (Lipinski definition) is 5. The summed E-state index contributed by atoms with van der Waals surface area (Å²) in [7, 11) is 0. The van der Waals surface area contributed by atoms with Crippen LogP contribution in [0.15, 0.2) is 41.9 Å². The van der Waals surface area contributed by atoms with Crippen molar-refractivity contribution in [3.8, 4) is 0 Å². The zero-order valence-corrected chi connectivity index (χ0v) is 14.5. The molecule has 0 saturated carbocycles. The zero-order valence-electron chi connectivity index (χ0n) is 13.6. The SMILES string of the molecule is C[C@@H](C(=O)Nc1nccs1)N1CCC(C(=O)c2ccccc2)CC1. The van der Waals surface area contributed by atoms with Crippen LogP contribution in [0, 0.1) is 5.92 Å². The maximum Gasteiger partial charge on any atom is 0.243 e. The average molecular weight is 343 g/mol. The lowest BCUT2D eigenvalue weighted by atomic mass is 9.88. The highest BCUT2D eigenvalue weighted by Gasteiger charge is 2.30. The molecule has 1 aromatic carbocycles. The van der Waals surface area contributed by atoms with E-state index in [9.17, 15) is 9.59 Å². The number of amides is 1. The molecule has 6 heteroatoms. The van der Waals surface area contributed by atoms with Gasteiger partial charge in [0.25, 0.3) is 0 Å². The molecule has 0 aliphatic carbocycles. The molecule has 0 radical (unpaired) electrons. The van der Waals surface area contributed by atoms with Crippen LogP contribution < -0.4 is 5.32 Å². The lowest BCUT2D eigenvalue weighted by Crippen LogP contribution is -2.47. The topological polar surface area (TPSA) is 62.3 Å². The molecule has 1 fully saturated rings.